The number of methoxy groups -OCH3 is 1. The summed E-state index contributed by atoms with van der Waals surface area (Å²) in [6.07, 6.45) is 10.7. The first-order valence-electron chi connectivity index (χ1n) is 12.3. The number of ether oxygens (including phenoxy) is 1. The van der Waals surface area contributed by atoms with Gasteiger partial charge in [0.05, 0.1) is 30.3 Å². The molecule has 2 N–H and O–H groups in total. The van der Waals surface area contributed by atoms with Crippen LogP contribution in [0.15, 0.2) is 78.9 Å². The Morgan fingerprint density at radius 3 is 2.64 bits per heavy atom. The fourth-order valence-electron chi connectivity index (χ4n) is 4.37. The molecule has 2 aromatic heterocycles. The summed E-state index contributed by atoms with van der Waals surface area (Å²) < 4.78 is 7.34. The van der Waals surface area contributed by atoms with Crippen molar-refractivity contribution >= 4 is 16.8 Å². The Hall–Kier alpha value is -3.71. The summed E-state index contributed by atoms with van der Waals surface area (Å²) in [5.41, 5.74) is 4.22. The number of benzene rings is 1. The summed E-state index contributed by atoms with van der Waals surface area (Å²) in [6.45, 7) is 9.84. The second-order valence-electron chi connectivity index (χ2n) is 8.77. The van der Waals surface area contributed by atoms with Crippen molar-refractivity contribution in [1.82, 2.24) is 20.1 Å². The largest absolute Gasteiger partial charge is 0.496 e. The Morgan fingerprint density at radius 2 is 2.03 bits per heavy atom. The Kier molecular flexibility index (Phi) is 9.59. The first-order chi connectivity index (χ1) is 17.4. The summed E-state index contributed by atoms with van der Waals surface area (Å²) in [5.74, 6) is 0.264. The highest BCUT2D eigenvalue weighted by molar-refractivity contribution is 5.97. The third-order valence-corrected chi connectivity index (χ3v) is 6.05. The van der Waals surface area contributed by atoms with E-state index < -0.39 is 6.10 Å². The van der Waals surface area contributed by atoms with Crippen LogP contribution in [-0.4, -0.2) is 39.0 Å². The quantitative estimate of drug-likeness (QED) is 0.200. The minimum Gasteiger partial charge on any atom is -0.496 e. The normalized spacial score (nSPS) is 13.9. The zero-order valence-corrected chi connectivity index (χ0v) is 21.6. The van der Waals surface area contributed by atoms with Crippen LogP contribution >= 0.6 is 0 Å². The molecule has 2 unspecified atom stereocenters. The number of aromatic nitrogens is 3. The van der Waals surface area contributed by atoms with Gasteiger partial charge in [-0.3, -0.25) is 14.5 Å². The Balaban J connectivity index is 1.84. The number of pyridine rings is 1. The van der Waals surface area contributed by atoms with E-state index in [2.05, 4.69) is 23.8 Å². The van der Waals surface area contributed by atoms with Crippen molar-refractivity contribution < 1.29 is 14.6 Å². The van der Waals surface area contributed by atoms with E-state index >= 15 is 0 Å². The van der Waals surface area contributed by atoms with Crippen LogP contribution in [-0.2, 0) is 16.1 Å². The predicted octanol–water partition coefficient (Wildman–Crippen LogP) is 5.49. The lowest BCUT2D eigenvalue weighted by Crippen LogP contribution is -2.25. The SMILES string of the molecule is C=C/C=C(C(=O)NCc1ccc(-c2nn(C(CCC)CC(C)O)c3ccncc23)cc1)\C(=C/C)OC. The lowest BCUT2D eigenvalue weighted by atomic mass is 10.0. The second-order valence-corrected chi connectivity index (χ2v) is 8.77. The molecule has 0 radical (unpaired) electrons. The number of rotatable bonds is 12. The fraction of sp³-hybridized carbons (Fsp3) is 0.345. The average Bonchev–Trinajstić information content (AvgIpc) is 3.27. The van der Waals surface area contributed by atoms with Gasteiger partial charge in [0.25, 0.3) is 5.91 Å². The van der Waals surface area contributed by atoms with Gasteiger partial charge in [-0.15, -0.1) is 0 Å². The summed E-state index contributed by atoms with van der Waals surface area (Å²) >= 11 is 0. The van der Waals surface area contributed by atoms with Crippen LogP contribution in [0.3, 0.4) is 0 Å². The summed E-state index contributed by atoms with van der Waals surface area (Å²) in [4.78, 5) is 17.0. The highest BCUT2D eigenvalue weighted by Crippen LogP contribution is 2.32. The summed E-state index contributed by atoms with van der Waals surface area (Å²) in [6, 6.07) is 10.1. The standard InChI is InChI=1S/C29H36N4O3/c1-6-9-23(17-20(4)34)33-26-15-16-30-19-25(26)28(32-33)22-13-11-21(12-14-22)18-31-29(35)24(10-7-2)27(8-3)36-5/h7-8,10-16,19-20,23,34H,2,6,9,17-18H2,1,3-5H3,(H,31,35)/b24-10+,27-8+. The maximum atomic E-state index is 12.7. The molecule has 1 aromatic carbocycles. The monoisotopic (exact) mass is 488 g/mol. The van der Waals surface area contributed by atoms with Crippen LogP contribution in [0.25, 0.3) is 22.2 Å². The summed E-state index contributed by atoms with van der Waals surface area (Å²) in [7, 11) is 1.54. The molecule has 2 heterocycles. The number of nitrogens with one attached hydrogen (secondary N) is 1. The molecular formula is C29H36N4O3. The molecule has 3 aromatic rings. The number of nitrogens with zero attached hydrogens (tertiary/aromatic N) is 3. The highest BCUT2D eigenvalue weighted by atomic mass is 16.5. The van der Waals surface area contributed by atoms with Gasteiger partial charge in [-0.25, -0.2) is 0 Å². The predicted molar refractivity (Wildman–Crippen MR) is 144 cm³/mol. The number of allylic oxidation sites excluding steroid dienone is 3. The maximum absolute atomic E-state index is 12.7. The van der Waals surface area contributed by atoms with Crippen molar-refractivity contribution in [3.8, 4) is 11.3 Å². The van der Waals surface area contributed by atoms with Crippen LogP contribution in [0.1, 0.15) is 51.6 Å². The highest BCUT2D eigenvalue weighted by Gasteiger charge is 2.20. The van der Waals surface area contributed by atoms with Crippen LogP contribution in [0, 0.1) is 0 Å². The number of carbonyl (C=O) groups excluding carboxylic acids is 1. The number of aliphatic hydroxyl groups is 1. The minimum atomic E-state index is -0.407. The van der Waals surface area contributed by atoms with Crippen molar-refractivity contribution in [2.45, 2.75) is 58.7 Å². The molecule has 3 rings (SSSR count). The molecular weight excluding hydrogens is 452 g/mol. The number of amides is 1. The smallest absolute Gasteiger partial charge is 0.255 e. The first-order valence-corrected chi connectivity index (χ1v) is 12.3. The van der Waals surface area contributed by atoms with Gasteiger partial charge in [0.1, 0.15) is 11.5 Å². The van der Waals surface area contributed by atoms with Crippen molar-refractivity contribution in [2.24, 2.45) is 0 Å². The molecule has 0 aliphatic heterocycles. The van der Waals surface area contributed by atoms with E-state index in [1.54, 1.807) is 24.4 Å². The lowest BCUT2D eigenvalue weighted by Gasteiger charge is -2.19. The molecule has 1 amide bonds. The first kappa shape index (κ1) is 26.9. The average molecular weight is 489 g/mol. The molecule has 0 fully saturated rings. The van der Waals surface area contributed by atoms with E-state index in [4.69, 9.17) is 9.84 Å². The second kappa shape index (κ2) is 12.8. The Bertz CT molecular complexity index is 1240. The molecule has 7 nitrogen and oxygen atoms in total. The molecule has 0 bridgehead atoms. The van der Waals surface area contributed by atoms with Gasteiger partial charge in [0, 0.05) is 29.9 Å². The van der Waals surface area contributed by atoms with Crippen LogP contribution in [0.2, 0.25) is 0 Å². The molecule has 0 spiro atoms. The molecule has 36 heavy (non-hydrogen) atoms. The van der Waals surface area contributed by atoms with E-state index in [-0.39, 0.29) is 11.9 Å². The molecule has 0 aliphatic rings. The van der Waals surface area contributed by atoms with Crippen molar-refractivity contribution in [3.63, 3.8) is 0 Å². The van der Waals surface area contributed by atoms with Crippen molar-refractivity contribution in [3.05, 3.63) is 84.4 Å². The van der Waals surface area contributed by atoms with Gasteiger partial charge >= 0.3 is 0 Å². The fourth-order valence-corrected chi connectivity index (χ4v) is 4.37. The molecule has 7 heteroatoms. The maximum Gasteiger partial charge on any atom is 0.255 e. The topological polar surface area (TPSA) is 89.3 Å². The van der Waals surface area contributed by atoms with Crippen LogP contribution in [0.5, 0.6) is 0 Å². The third kappa shape index (κ3) is 6.29. The zero-order chi connectivity index (χ0) is 26.1. The number of hydrogen-bond acceptors (Lipinski definition) is 5. The van der Waals surface area contributed by atoms with Gasteiger partial charge < -0.3 is 15.2 Å². The van der Waals surface area contributed by atoms with Crippen molar-refractivity contribution in [2.75, 3.05) is 7.11 Å². The van der Waals surface area contributed by atoms with Crippen molar-refractivity contribution in [1.29, 1.82) is 0 Å². The van der Waals surface area contributed by atoms with E-state index in [9.17, 15) is 9.90 Å². The molecule has 0 aliphatic carbocycles. The van der Waals surface area contributed by atoms with Gasteiger partial charge in [-0.2, -0.15) is 5.10 Å². The van der Waals surface area contributed by atoms with Gasteiger partial charge in [-0.1, -0.05) is 50.3 Å². The number of fused-ring (bicyclic) bond motifs is 1. The van der Waals surface area contributed by atoms with Gasteiger partial charge in [-0.05, 0) is 50.5 Å². The summed E-state index contributed by atoms with van der Waals surface area (Å²) in [5, 5.41) is 18.9. The number of aliphatic hydroxyl groups excluding tert-OH is 1. The van der Waals surface area contributed by atoms with E-state index in [1.165, 1.54) is 7.11 Å². The van der Waals surface area contributed by atoms with Crippen LogP contribution < -0.4 is 5.32 Å². The van der Waals surface area contributed by atoms with Gasteiger partial charge in [0.15, 0.2) is 0 Å². The number of carbonyl (C=O) groups is 1. The molecule has 0 saturated heterocycles. The lowest BCUT2D eigenvalue weighted by molar-refractivity contribution is -0.117. The van der Waals surface area contributed by atoms with E-state index in [1.807, 2.05) is 55.1 Å². The Labute approximate surface area is 213 Å². The van der Waals surface area contributed by atoms with Crippen LogP contribution in [0.4, 0.5) is 0 Å². The zero-order valence-electron chi connectivity index (χ0n) is 21.6. The molecule has 2 atom stereocenters. The Morgan fingerprint density at radius 1 is 1.28 bits per heavy atom. The minimum absolute atomic E-state index is 0.107. The van der Waals surface area contributed by atoms with E-state index in [0.29, 0.717) is 24.3 Å². The number of hydrogen-bond donors (Lipinski definition) is 2. The molecule has 0 saturated carbocycles. The third-order valence-electron chi connectivity index (χ3n) is 6.05. The van der Waals surface area contributed by atoms with E-state index in [0.717, 1.165) is 40.6 Å². The van der Waals surface area contributed by atoms with Gasteiger partial charge in [0.2, 0.25) is 0 Å². The molecule has 190 valence electrons.